The van der Waals surface area contributed by atoms with Gasteiger partial charge in [-0.15, -0.1) is 11.3 Å². The Morgan fingerprint density at radius 3 is 1.71 bits per heavy atom. The number of hydrogen-bond acceptors (Lipinski definition) is 2. The van der Waals surface area contributed by atoms with Crippen LogP contribution >= 0.6 is 11.3 Å². The van der Waals surface area contributed by atoms with Crippen LogP contribution in [-0.4, -0.2) is 4.57 Å². The Kier molecular flexibility index (Phi) is 7.04. The Hall–Kier alpha value is -6.42. The second-order valence-electron chi connectivity index (χ2n) is 12.9. The standard InChI is InChI=1S/C48H32N2S/c1-2-15-33(16-3-1)34-17-12-19-36(31-34)49(45-28-14-30-47-48(45)41-24-7-11-29-46(41)51-47)37-20-13-18-35(32-37)38-21-4-8-25-42(38)50-43-26-9-5-22-39(43)40-23-6-10-27-44(40)50/h1-32H. The molecule has 2 heterocycles. The zero-order valence-electron chi connectivity index (χ0n) is 27.8. The summed E-state index contributed by atoms with van der Waals surface area (Å²) in [5, 5.41) is 5.08. The van der Waals surface area contributed by atoms with E-state index in [0.717, 1.165) is 22.6 Å². The maximum absolute atomic E-state index is 2.44. The van der Waals surface area contributed by atoms with Crippen molar-refractivity contribution in [3.8, 4) is 27.9 Å². The molecule has 0 fully saturated rings. The Morgan fingerprint density at radius 2 is 0.941 bits per heavy atom. The van der Waals surface area contributed by atoms with E-state index in [4.69, 9.17) is 0 Å². The highest BCUT2D eigenvalue weighted by atomic mass is 32.1. The maximum Gasteiger partial charge on any atom is 0.0554 e. The Bertz CT molecular complexity index is 2830. The molecule has 0 spiro atoms. The normalized spacial score (nSPS) is 11.5. The van der Waals surface area contributed by atoms with Crippen LogP contribution in [0.15, 0.2) is 194 Å². The SMILES string of the molecule is c1ccc(-c2cccc(N(c3cccc(-c4ccccc4-n4c5ccccc5c5ccccc54)c3)c3cccc4sc5ccccc5c34)c2)cc1. The number of rotatable bonds is 6. The minimum atomic E-state index is 1.11. The van der Waals surface area contributed by atoms with Gasteiger partial charge in [-0.2, -0.15) is 0 Å². The smallest absolute Gasteiger partial charge is 0.0554 e. The molecule has 0 saturated carbocycles. The average molecular weight is 669 g/mol. The lowest BCUT2D eigenvalue weighted by molar-refractivity contribution is 1.18. The summed E-state index contributed by atoms with van der Waals surface area (Å²) in [4.78, 5) is 2.44. The summed E-state index contributed by atoms with van der Waals surface area (Å²) in [6.45, 7) is 0. The first-order valence-corrected chi connectivity index (χ1v) is 18.2. The number of thiophene rings is 1. The molecular formula is C48H32N2S. The molecule has 2 nitrogen and oxygen atoms in total. The van der Waals surface area contributed by atoms with Crippen LogP contribution in [0, 0.1) is 0 Å². The van der Waals surface area contributed by atoms with Crippen LogP contribution < -0.4 is 4.90 Å². The van der Waals surface area contributed by atoms with E-state index in [1.165, 1.54) is 64.4 Å². The first-order chi connectivity index (χ1) is 25.3. The molecule has 3 heteroatoms. The molecule has 0 aliphatic carbocycles. The van der Waals surface area contributed by atoms with Gasteiger partial charge in [0.15, 0.2) is 0 Å². The van der Waals surface area contributed by atoms with Gasteiger partial charge in [-0.1, -0.05) is 133 Å². The van der Waals surface area contributed by atoms with Crippen molar-refractivity contribution < 1.29 is 0 Å². The van der Waals surface area contributed by atoms with Crippen LogP contribution in [-0.2, 0) is 0 Å². The van der Waals surface area contributed by atoms with Crippen LogP contribution in [0.4, 0.5) is 17.1 Å². The summed E-state index contributed by atoms with van der Waals surface area (Å²) < 4.78 is 5.00. The summed E-state index contributed by atoms with van der Waals surface area (Å²) in [5.41, 5.74) is 11.7. The summed E-state index contributed by atoms with van der Waals surface area (Å²) in [5.74, 6) is 0. The number of anilines is 3. The van der Waals surface area contributed by atoms with Crippen molar-refractivity contribution in [1.29, 1.82) is 0 Å². The topological polar surface area (TPSA) is 8.17 Å². The molecule has 0 aliphatic rings. The van der Waals surface area contributed by atoms with E-state index in [0.29, 0.717) is 0 Å². The molecule has 0 amide bonds. The molecule has 0 saturated heterocycles. The monoisotopic (exact) mass is 668 g/mol. The van der Waals surface area contributed by atoms with Crippen molar-refractivity contribution >= 4 is 70.4 Å². The molecule has 2 aromatic heterocycles. The van der Waals surface area contributed by atoms with Gasteiger partial charge >= 0.3 is 0 Å². The van der Waals surface area contributed by atoms with Gasteiger partial charge in [0.2, 0.25) is 0 Å². The van der Waals surface area contributed by atoms with Crippen LogP contribution in [0.3, 0.4) is 0 Å². The van der Waals surface area contributed by atoms with Gasteiger partial charge in [-0.25, -0.2) is 0 Å². The van der Waals surface area contributed by atoms with Gasteiger partial charge in [0.25, 0.3) is 0 Å². The number of para-hydroxylation sites is 3. The van der Waals surface area contributed by atoms with Gasteiger partial charge in [0.1, 0.15) is 0 Å². The van der Waals surface area contributed by atoms with Gasteiger partial charge in [-0.05, 0) is 77.4 Å². The lowest BCUT2D eigenvalue weighted by Gasteiger charge is -2.27. The third-order valence-electron chi connectivity index (χ3n) is 9.97. The molecule has 51 heavy (non-hydrogen) atoms. The predicted octanol–water partition coefficient (Wildman–Crippen LogP) is 14.0. The Morgan fingerprint density at radius 1 is 0.392 bits per heavy atom. The van der Waals surface area contributed by atoms with Crippen LogP contribution in [0.1, 0.15) is 0 Å². The van der Waals surface area contributed by atoms with Crippen molar-refractivity contribution in [1.82, 2.24) is 4.57 Å². The Balaban J connectivity index is 1.20. The zero-order valence-corrected chi connectivity index (χ0v) is 28.6. The first-order valence-electron chi connectivity index (χ1n) is 17.4. The summed E-state index contributed by atoms with van der Waals surface area (Å²) in [6, 6.07) is 70.4. The third kappa shape index (κ3) is 4.93. The highest BCUT2D eigenvalue weighted by molar-refractivity contribution is 7.26. The fourth-order valence-corrected chi connectivity index (χ4v) is 8.86. The number of nitrogens with zero attached hydrogens (tertiary/aromatic N) is 2. The number of hydrogen-bond donors (Lipinski definition) is 0. The molecule has 10 rings (SSSR count). The molecule has 240 valence electrons. The molecular weight excluding hydrogens is 637 g/mol. The lowest BCUT2D eigenvalue weighted by Crippen LogP contribution is -2.10. The molecule has 8 aromatic carbocycles. The quantitative estimate of drug-likeness (QED) is 0.171. The van der Waals surface area contributed by atoms with E-state index in [-0.39, 0.29) is 0 Å². The highest BCUT2D eigenvalue weighted by Gasteiger charge is 2.21. The van der Waals surface area contributed by atoms with E-state index >= 15 is 0 Å². The van der Waals surface area contributed by atoms with Crippen molar-refractivity contribution in [2.45, 2.75) is 0 Å². The number of benzene rings is 8. The Labute approximate surface area is 300 Å². The van der Waals surface area contributed by atoms with E-state index in [2.05, 4.69) is 204 Å². The molecule has 0 N–H and O–H groups in total. The highest BCUT2D eigenvalue weighted by Crippen LogP contribution is 2.46. The second kappa shape index (κ2) is 12.2. The van der Waals surface area contributed by atoms with Crippen LogP contribution in [0.25, 0.3) is 69.9 Å². The fraction of sp³-hybridized carbons (Fsp3) is 0. The molecule has 10 aromatic rings. The molecule has 0 atom stereocenters. The molecule has 0 aliphatic heterocycles. The lowest BCUT2D eigenvalue weighted by atomic mass is 10.0. The van der Waals surface area contributed by atoms with E-state index in [1.807, 2.05) is 11.3 Å². The van der Waals surface area contributed by atoms with Crippen molar-refractivity contribution in [3.63, 3.8) is 0 Å². The van der Waals surface area contributed by atoms with Crippen LogP contribution in [0.2, 0.25) is 0 Å². The van der Waals surface area contributed by atoms with Crippen molar-refractivity contribution in [3.05, 3.63) is 194 Å². The van der Waals surface area contributed by atoms with Gasteiger partial charge < -0.3 is 9.47 Å². The minimum absolute atomic E-state index is 1.11. The molecule has 0 unspecified atom stereocenters. The first kappa shape index (κ1) is 29.5. The molecule has 0 radical (unpaired) electrons. The van der Waals surface area contributed by atoms with Crippen molar-refractivity contribution in [2.75, 3.05) is 4.90 Å². The fourth-order valence-electron chi connectivity index (χ4n) is 7.73. The van der Waals surface area contributed by atoms with Crippen LogP contribution in [0.5, 0.6) is 0 Å². The maximum atomic E-state index is 2.44. The molecule has 0 bridgehead atoms. The summed E-state index contributed by atoms with van der Waals surface area (Å²) in [7, 11) is 0. The average Bonchev–Trinajstić information content (AvgIpc) is 3.75. The van der Waals surface area contributed by atoms with Crippen molar-refractivity contribution in [2.24, 2.45) is 0 Å². The van der Waals surface area contributed by atoms with E-state index in [9.17, 15) is 0 Å². The third-order valence-corrected chi connectivity index (χ3v) is 11.1. The van der Waals surface area contributed by atoms with E-state index < -0.39 is 0 Å². The minimum Gasteiger partial charge on any atom is -0.310 e. The largest absolute Gasteiger partial charge is 0.310 e. The zero-order chi connectivity index (χ0) is 33.7. The summed E-state index contributed by atoms with van der Waals surface area (Å²) in [6.07, 6.45) is 0. The van der Waals surface area contributed by atoms with Gasteiger partial charge in [0.05, 0.1) is 22.4 Å². The predicted molar refractivity (Wildman–Crippen MR) is 219 cm³/mol. The number of aromatic nitrogens is 1. The summed E-state index contributed by atoms with van der Waals surface area (Å²) >= 11 is 1.86. The second-order valence-corrected chi connectivity index (χ2v) is 14.0. The van der Waals surface area contributed by atoms with Gasteiger partial charge in [0, 0.05) is 47.9 Å². The van der Waals surface area contributed by atoms with Gasteiger partial charge in [-0.3, -0.25) is 0 Å². The number of fused-ring (bicyclic) bond motifs is 6. The van der Waals surface area contributed by atoms with E-state index in [1.54, 1.807) is 0 Å².